The van der Waals surface area contributed by atoms with Crippen LogP contribution >= 0.6 is 0 Å². The van der Waals surface area contributed by atoms with Crippen molar-refractivity contribution in [3.05, 3.63) is 420 Å². The minimum atomic E-state index is -5.18. The maximum atomic E-state index is 14.9. The summed E-state index contributed by atoms with van der Waals surface area (Å²) < 4.78 is 186. The van der Waals surface area contributed by atoms with Crippen molar-refractivity contribution in [2.75, 3.05) is 0 Å². The molecule has 22 aromatic rings. The van der Waals surface area contributed by atoms with Crippen molar-refractivity contribution < 1.29 is 52.7 Å². The van der Waals surface area contributed by atoms with Gasteiger partial charge in [0.1, 0.15) is 0 Å². The second-order valence-corrected chi connectivity index (χ2v) is 34.2. The molecule has 0 aliphatic rings. The minimum Gasteiger partial charge on any atom is -0.309 e. The zero-order valence-electron chi connectivity index (χ0n) is 72.6. The van der Waals surface area contributed by atoms with Crippen LogP contribution in [0.5, 0.6) is 0 Å². The van der Waals surface area contributed by atoms with Crippen molar-refractivity contribution in [1.82, 2.24) is 18.3 Å². The summed E-state index contributed by atoms with van der Waals surface area (Å²) in [6.45, 7) is 0. The number of rotatable bonds is 13. The first-order valence-corrected chi connectivity index (χ1v) is 43.8. The number of nitriles is 6. The van der Waals surface area contributed by atoms with Crippen molar-refractivity contribution in [2.45, 2.75) is 24.7 Å². The van der Waals surface area contributed by atoms with Crippen LogP contribution in [0.3, 0.4) is 0 Å². The first-order chi connectivity index (χ1) is 67.6. The van der Waals surface area contributed by atoms with E-state index in [4.69, 9.17) is 0 Å². The summed E-state index contributed by atoms with van der Waals surface area (Å²) in [6, 6.07) is 115. The normalized spacial score (nSPS) is 12.0. The second kappa shape index (κ2) is 33.1. The zero-order valence-corrected chi connectivity index (χ0v) is 72.6. The molecule has 0 spiro atoms. The Labute approximate surface area is 788 Å². The Morgan fingerprint density at radius 3 is 0.771 bits per heavy atom. The topological polar surface area (TPSA) is 162 Å². The quantitative estimate of drug-likeness (QED) is 0.104. The Morgan fingerprint density at radius 2 is 0.421 bits per heavy atom. The maximum absolute atomic E-state index is 14.9. The molecule has 4 heterocycles. The SMILES string of the molecule is N#Cc1cccc(-c2ccc3c(c2)c2ccccc2n3-c2cc(-c3cc(C(F)(F)F)cc(C(F)(F)F)c3)ccc2-c2ccc(C#N)cc2-n2c3ccc(-c4cccc(C#N)c4)cc3c3cc(-c4ccc(-c5ccc6c(c5)c5ccccc5n6-c5cc(C#N)ccc5-c5ccc(-c6cc(C(F)(F)F)cc(C(F)(F)F)c6)cc5-n5c6ccccc6c6cc(-c7ccccc7C#N)ccc65)c(C#N)c4)ccc32)c1. The number of aromatic nitrogens is 4. The lowest BCUT2D eigenvalue weighted by molar-refractivity contribution is -0.144. The highest BCUT2D eigenvalue weighted by Crippen LogP contribution is 2.51. The predicted molar refractivity (Wildman–Crippen MR) is 521 cm³/mol. The van der Waals surface area contributed by atoms with Gasteiger partial charge in [-0.25, -0.2) is 0 Å². The number of hydrogen-bond acceptors (Lipinski definition) is 6. The molecule has 0 amide bonds. The summed E-state index contributed by atoms with van der Waals surface area (Å²) >= 11 is 0. The van der Waals surface area contributed by atoms with Crippen LogP contribution < -0.4 is 0 Å². The molecule has 0 fully saturated rings. The van der Waals surface area contributed by atoms with Crippen LogP contribution in [0.1, 0.15) is 55.6 Å². The Bertz CT molecular complexity index is 9310. The van der Waals surface area contributed by atoms with Gasteiger partial charge in [-0.15, -0.1) is 0 Å². The third-order valence-corrected chi connectivity index (χ3v) is 26.2. The molecule has 0 saturated heterocycles. The van der Waals surface area contributed by atoms with E-state index in [9.17, 15) is 84.3 Å². The van der Waals surface area contributed by atoms with Crippen molar-refractivity contribution in [3.8, 4) is 159 Å². The zero-order chi connectivity index (χ0) is 96.7. The molecule has 18 aromatic carbocycles. The van der Waals surface area contributed by atoms with Gasteiger partial charge < -0.3 is 18.3 Å². The molecule has 0 atom stereocenters. The van der Waals surface area contributed by atoms with Crippen LogP contribution in [0.2, 0.25) is 0 Å². The lowest BCUT2D eigenvalue weighted by atomic mass is 9.93. The maximum Gasteiger partial charge on any atom is 0.416 e. The van der Waals surface area contributed by atoms with E-state index >= 15 is 0 Å². The molecule has 10 nitrogen and oxygen atoms in total. The average molecular weight is 1850 g/mol. The van der Waals surface area contributed by atoms with Gasteiger partial charge in [-0.2, -0.15) is 84.3 Å². The van der Waals surface area contributed by atoms with Crippen molar-refractivity contribution in [3.63, 3.8) is 0 Å². The van der Waals surface area contributed by atoms with E-state index in [1.54, 1.807) is 115 Å². The highest BCUT2D eigenvalue weighted by atomic mass is 19.4. The van der Waals surface area contributed by atoms with Crippen molar-refractivity contribution in [1.29, 1.82) is 31.6 Å². The first kappa shape index (κ1) is 86.7. The molecule has 0 bridgehead atoms. The van der Waals surface area contributed by atoms with E-state index in [0.29, 0.717) is 185 Å². The van der Waals surface area contributed by atoms with Crippen LogP contribution in [-0.2, 0) is 24.7 Å². The molecular formula is C118H60F12N10. The Hall–Kier alpha value is -18.7. The number of para-hydroxylation sites is 3. The Balaban J connectivity index is 0.699. The fourth-order valence-corrected chi connectivity index (χ4v) is 19.8. The molecule has 0 N–H and O–H groups in total. The van der Waals surface area contributed by atoms with Gasteiger partial charge in [-0.3, -0.25) is 0 Å². The summed E-state index contributed by atoms with van der Waals surface area (Å²) in [5, 5.41) is 69.5. The van der Waals surface area contributed by atoms with E-state index in [2.05, 4.69) is 36.4 Å². The van der Waals surface area contributed by atoms with Crippen molar-refractivity contribution in [2.24, 2.45) is 0 Å². The van der Waals surface area contributed by atoms with Gasteiger partial charge in [0.2, 0.25) is 0 Å². The molecule has 0 unspecified atom stereocenters. The number of benzene rings is 18. The Kier molecular flexibility index (Phi) is 20.5. The average Bonchev–Trinajstić information content (AvgIpc) is 1.56. The van der Waals surface area contributed by atoms with Crippen LogP contribution in [0.25, 0.3) is 210 Å². The van der Waals surface area contributed by atoms with Gasteiger partial charge in [0.05, 0.1) is 159 Å². The summed E-state index contributed by atoms with van der Waals surface area (Å²) in [5.41, 5.74) is 10.5. The van der Waals surface area contributed by atoms with Crippen LogP contribution in [-0.4, -0.2) is 18.3 Å². The third-order valence-electron chi connectivity index (χ3n) is 26.2. The largest absolute Gasteiger partial charge is 0.416 e. The summed E-state index contributed by atoms with van der Waals surface area (Å²) in [6.07, 6.45) is -20.7. The third kappa shape index (κ3) is 14.8. The van der Waals surface area contributed by atoms with E-state index < -0.39 is 47.0 Å². The molecule has 140 heavy (non-hydrogen) atoms. The molecule has 4 aromatic heterocycles. The van der Waals surface area contributed by atoms with Gasteiger partial charge in [0, 0.05) is 65.3 Å². The monoisotopic (exact) mass is 1840 g/mol. The number of nitrogens with zero attached hydrogens (tertiary/aromatic N) is 10. The van der Waals surface area contributed by atoms with Gasteiger partial charge in [0.15, 0.2) is 0 Å². The highest BCUT2D eigenvalue weighted by Gasteiger charge is 2.40. The fraction of sp³-hybridized carbons (Fsp3) is 0.0339. The first-order valence-electron chi connectivity index (χ1n) is 43.8. The van der Waals surface area contributed by atoms with Crippen LogP contribution in [0, 0.1) is 68.0 Å². The van der Waals surface area contributed by atoms with Crippen molar-refractivity contribution >= 4 is 87.2 Å². The standard InChI is InChI=1S/C118H60F12N10/c119-115(120,121)85-48-82(49-86(59-85)116(122,123)124)77-27-37-97(113(57-77)138-104-21-7-3-17-91(104)98-52-74(28-38-106(98)138)71-14-9-11-67(43-71)61-131)95-34-24-70(64-134)46-112(95)140-109-39-29-75(72-15-10-12-68(44-72)62-132)53-101(109)102-54-76(30-40-110(102)140)73-25-35-90(84(47-73)66-136)80-32-42-107-100(56-80)92-18-4-6-20-103(92)137(107)111-45-69(63-133)23-33-94(111)96-36-26-78(83-50-87(117(125,126)127)60-88(51-83)118(128,129)130)58-114(96)139-105-22-8-5-19-93(105)99-55-79(31-41-108(99)139)89-16-2-1-13-81(89)65-135/h1-60H. The van der Waals surface area contributed by atoms with E-state index in [1.807, 2.05) is 218 Å². The van der Waals surface area contributed by atoms with Gasteiger partial charge >= 0.3 is 24.7 Å². The molecule has 0 saturated carbocycles. The van der Waals surface area contributed by atoms with Crippen LogP contribution in [0.4, 0.5) is 52.7 Å². The number of hydrogen-bond donors (Lipinski definition) is 0. The summed E-state index contributed by atoms with van der Waals surface area (Å²) in [7, 11) is 0. The smallest absolute Gasteiger partial charge is 0.309 e. The molecule has 22 heteroatoms. The predicted octanol–water partition coefficient (Wildman–Crippen LogP) is 32.4. The fourth-order valence-electron chi connectivity index (χ4n) is 19.8. The molecule has 0 aliphatic carbocycles. The van der Waals surface area contributed by atoms with E-state index in [0.717, 1.165) is 43.8 Å². The number of halogens is 12. The van der Waals surface area contributed by atoms with E-state index in [1.165, 1.54) is 12.1 Å². The second-order valence-electron chi connectivity index (χ2n) is 34.2. The lowest BCUT2D eigenvalue weighted by Gasteiger charge is -2.21. The molecule has 666 valence electrons. The lowest BCUT2D eigenvalue weighted by Crippen LogP contribution is -2.11. The van der Waals surface area contributed by atoms with Crippen LogP contribution in [0.15, 0.2) is 364 Å². The Morgan fingerprint density at radius 1 is 0.164 bits per heavy atom. The number of fused-ring (bicyclic) bond motifs is 12. The molecule has 0 radical (unpaired) electrons. The summed E-state index contributed by atoms with van der Waals surface area (Å²) in [5.74, 6) is 0. The molecular weight excluding hydrogens is 1790 g/mol. The molecule has 0 aliphatic heterocycles. The summed E-state index contributed by atoms with van der Waals surface area (Å²) in [4.78, 5) is 0. The van der Waals surface area contributed by atoms with E-state index in [-0.39, 0.29) is 51.1 Å². The highest BCUT2D eigenvalue weighted by molar-refractivity contribution is 6.16. The van der Waals surface area contributed by atoms with Gasteiger partial charge in [-0.05, 0) is 266 Å². The molecule has 22 rings (SSSR count). The van der Waals surface area contributed by atoms with Gasteiger partial charge in [-0.1, -0.05) is 176 Å². The minimum absolute atomic E-state index is 0.0109. The van der Waals surface area contributed by atoms with Gasteiger partial charge in [0.25, 0.3) is 0 Å². The number of alkyl halides is 12.